The van der Waals surface area contributed by atoms with Gasteiger partial charge in [0, 0.05) is 23.2 Å². The van der Waals surface area contributed by atoms with Crippen LogP contribution in [0.15, 0.2) is 33.1 Å². The van der Waals surface area contributed by atoms with Crippen molar-refractivity contribution in [1.29, 1.82) is 0 Å². The topological polar surface area (TPSA) is 84.4 Å². The highest BCUT2D eigenvalue weighted by Crippen LogP contribution is 2.32. The van der Waals surface area contributed by atoms with E-state index in [1.165, 1.54) is 23.1 Å². The van der Waals surface area contributed by atoms with Crippen molar-refractivity contribution in [3.63, 3.8) is 0 Å². The second-order valence-corrected chi connectivity index (χ2v) is 10.1. The standard InChI is InChI=1S/C19H23BrN4O3S2/c1-3-27-17(26)13-7-9-24(10-8-13)16(25)12(2)28-19-23-22-18(29-19)21-15-6-4-5-14(20)11-15/h4-6,11-13H,3,7-10H2,1-2H3,(H,21,22). The van der Waals surface area contributed by atoms with E-state index in [4.69, 9.17) is 4.74 Å². The third kappa shape index (κ3) is 6.16. The summed E-state index contributed by atoms with van der Waals surface area (Å²) in [4.78, 5) is 26.4. The van der Waals surface area contributed by atoms with Gasteiger partial charge in [-0.2, -0.15) is 0 Å². The first-order chi connectivity index (χ1) is 14.0. The number of rotatable bonds is 7. The number of esters is 1. The molecule has 1 aliphatic rings. The molecule has 1 saturated heterocycles. The molecule has 0 saturated carbocycles. The molecule has 2 aromatic rings. The maximum atomic E-state index is 12.8. The van der Waals surface area contributed by atoms with Crippen LogP contribution in [0.4, 0.5) is 10.8 Å². The monoisotopic (exact) mass is 498 g/mol. The summed E-state index contributed by atoms with van der Waals surface area (Å²) >= 11 is 6.27. The van der Waals surface area contributed by atoms with Crippen LogP contribution in [0.25, 0.3) is 0 Å². The van der Waals surface area contributed by atoms with Crippen molar-refractivity contribution in [1.82, 2.24) is 15.1 Å². The molecule has 7 nitrogen and oxygen atoms in total. The van der Waals surface area contributed by atoms with Crippen LogP contribution in [0.1, 0.15) is 26.7 Å². The van der Waals surface area contributed by atoms with Gasteiger partial charge in [-0.05, 0) is 44.9 Å². The lowest BCUT2D eigenvalue weighted by Crippen LogP contribution is -2.43. The van der Waals surface area contributed by atoms with Gasteiger partial charge in [0.05, 0.1) is 17.8 Å². The number of carbonyl (C=O) groups is 2. The van der Waals surface area contributed by atoms with E-state index in [1.807, 2.05) is 43.0 Å². The zero-order valence-corrected chi connectivity index (χ0v) is 19.5. The third-order valence-corrected chi connectivity index (χ3v) is 7.04. The number of hydrogen-bond donors (Lipinski definition) is 1. The van der Waals surface area contributed by atoms with Gasteiger partial charge in [0.15, 0.2) is 4.34 Å². The van der Waals surface area contributed by atoms with Crippen molar-refractivity contribution in [2.75, 3.05) is 25.0 Å². The highest BCUT2D eigenvalue weighted by atomic mass is 79.9. The fourth-order valence-corrected chi connectivity index (χ4v) is 5.45. The van der Waals surface area contributed by atoms with Crippen LogP contribution < -0.4 is 5.32 Å². The van der Waals surface area contributed by atoms with Crippen LogP contribution in [0, 0.1) is 5.92 Å². The molecule has 156 valence electrons. The summed E-state index contributed by atoms with van der Waals surface area (Å²) in [6.07, 6.45) is 1.31. The number of thioether (sulfide) groups is 1. The Kier molecular flexibility index (Phi) is 7.91. The van der Waals surface area contributed by atoms with Crippen LogP contribution in [0.3, 0.4) is 0 Å². The number of likely N-dealkylation sites (tertiary alicyclic amines) is 1. The van der Waals surface area contributed by atoms with Crippen LogP contribution >= 0.6 is 39.0 Å². The van der Waals surface area contributed by atoms with Crippen molar-refractivity contribution in [2.45, 2.75) is 36.3 Å². The molecule has 2 heterocycles. The number of halogens is 1. The van der Waals surface area contributed by atoms with Crippen LogP contribution in [0.5, 0.6) is 0 Å². The van der Waals surface area contributed by atoms with E-state index in [9.17, 15) is 9.59 Å². The molecule has 3 rings (SSSR count). The molecule has 0 aliphatic carbocycles. The van der Waals surface area contributed by atoms with E-state index in [0.29, 0.717) is 37.7 Å². The SMILES string of the molecule is CCOC(=O)C1CCN(C(=O)C(C)Sc2nnc(Nc3cccc(Br)c3)s2)CC1. The molecular formula is C19H23BrN4O3S2. The largest absolute Gasteiger partial charge is 0.466 e. The molecule has 0 spiro atoms. The van der Waals surface area contributed by atoms with Gasteiger partial charge in [-0.25, -0.2) is 0 Å². The highest BCUT2D eigenvalue weighted by Gasteiger charge is 2.30. The maximum absolute atomic E-state index is 12.8. The summed E-state index contributed by atoms with van der Waals surface area (Å²) < 4.78 is 6.81. The molecule has 0 radical (unpaired) electrons. The zero-order chi connectivity index (χ0) is 20.8. The summed E-state index contributed by atoms with van der Waals surface area (Å²) in [6, 6.07) is 7.80. The van der Waals surface area contributed by atoms with Crippen molar-refractivity contribution >= 4 is 61.7 Å². The maximum Gasteiger partial charge on any atom is 0.309 e. The summed E-state index contributed by atoms with van der Waals surface area (Å²) in [6.45, 7) is 5.25. The average Bonchev–Trinajstić information content (AvgIpc) is 3.14. The fourth-order valence-electron chi connectivity index (χ4n) is 3.05. The number of hydrogen-bond acceptors (Lipinski definition) is 8. The lowest BCUT2D eigenvalue weighted by Gasteiger charge is -2.32. The average molecular weight is 499 g/mol. The van der Waals surface area contributed by atoms with Gasteiger partial charge in [0.2, 0.25) is 11.0 Å². The van der Waals surface area contributed by atoms with Crippen LogP contribution in [-0.4, -0.2) is 51.9 Å². The minimum atomic E-state index is -0.263. The van der Waals surface area contributed by atoms with E-state index in [1.54, 1.807) is 0 Å². The van der Waals surface area contributed by atoms with Crippen molar-refractivity contribution < 1.29 is 14.3 Å². The smallest absolute Gasteiger partial charge is 0.309 e. The molecule has 29 heavy (non-hydrogen) atoms. The number of aromatic nitrogens is 2. The molecule has 1 fully saturated rings. The molecular weight excluding hydrogens is 476 g/mol. The number of anilines is 2. The number of nitrogens with one attached hydrogen (secondary N) is 1. The summed E-state index contributed by atoms with van der Waals surface area (Å²) in [5.41, 5.74) is 0.917. The normalized spacial score (nSPS) is 15.8. The Hall–Kier alpha value is -1.65. The Morgan fingerprint density at radius 3 is 2.83 bits per heavy atom. The second-order valence-electron chi connectivity index (χ2n) is 6.62. The van der Waals surface area contributed by atoms with Crippen LogP contribution in [-0.2, 0) is 14.3 Å². The molecule has 1 aliphatic heterocycles. The van der Waals surface area contributed by atoms with Crippen LogP contribution in [0.2, 0.25) is 0 Å². The number of piperidine rings is 1. The first-order valence-electron chi connectivity index (χ1n) is 9.44. The van der Waals surface area contributed by atoms with Crippen molar-refractivity contribution in [3.8, 4) is 0 Å². The number of amides is 1. The molecule has 1 amide bonds. The molecule has 1 unspecified atom stereocenters. The molecule has 1 aromatic carbocycles. The lowest BCUT2D eigenvalue weighted by atomic mass is 9.97. The Bertz CT molecular complexity index is 855. The highest BCUT2D eigenvalue weighted by molar-refractivity contribution is 9.10. The molecule has 0 bridgehead atoms. The Labute approximate surface area is 186 Å². The van der Waals surface area contributed by atoms with Gasteiger partial charge >= 0.3 is 5.97 Å². The minimum Gasteiger partial charge on any atom is -0.466 e. The number of ether oxygens (including phenoxy) is 1. The lowest BCUT2D eigenvalue weighted by molar-refractivity contribution is -0.151. The summed E-state index contributed by atoms with van der Waals surface area (Å²) in [5.74, 6) is -0.188. The zero-order valence-electron chi connectivity index (χ0n) is 16.3. The molecule has 10 heteroatoms. The Morgan fingerprint density at radius 2 is 2.14 bits per heavy atom. The van der Waals surface area contributed by atoms with E-state index < -0.39 is 0 Å². The summed E-state index contributed by atoms with van der Waals surface area (Å²) in [5, 5.41) is 12.0. The quantitative estimate of drug-likeness (QED) is 0.449. The first-order valence-corrected chi connectivity index (χ1v) is 11.9. The fraction of sp³-hybridized carbons (Fsp3) is 0.474. The predicted molar refractivity (Wildman–Crippen MR) is 119 cm³/mol. The van der Waals surface area contributed by atoms with E-state index in [-0.39, 0.29) is 23.0 Å². The minimum absolute atomic E-state index is 0.0639. The van der Waals surface area contributed by atoms with E-state index >= 15 is 0 Å². The van der Waals surface area contributed by atoms with E-state index in [2.05, 4.69) is 31.4 Å². The first kappa shape index (κ1) is 22.0. The third-order valence-electron chi connectivity index (χ3n) is 4.53. The second kappa shape index (κ2) is 10.4. The van der Waals surface area contributed by atoms with Gasteiger partial charge in [0.1, 0.15) is 0 Å². The Balaban J connectivity index is 1.50. The van der Waals surface area contributed by atoms with Gasteiger partial charge in [0.25, 0.3) is 0 Å². The molecule has 1 N–H and O–H groups in total. The summed E-state index contributed by atoms with van der Waals surface area (Å²) in [7, 11) is 0. The molecule has 1 atom stereocenters. The molecule has 1 aromatic heterocycles. The van der Waals surface area contributed by atoms with Gasteiger partial charge in [-0.3, -0.25) is 9.59 Å². The predicted octanol–water partition coefficient (Wildman–Crippen LogP) is 4.33. The van der Waals surface area contributed by atoms with Crippen molar-refractivity contribution in [2.24, 2.45) is 5.92 Å². The van der Waals surface area contributed by atoms with E-state index in [0.717, 1.165) is 14.5 Å². The van der Waals surface area contributed by atoms with Crippen molar-refractivity contribution in [3.05, 3.63) is 28.7 Å². The Morgan fingerprint density at radius 1 is 1.38 bits per heavy atom. The van der Waals surface area contributed by atoms with Gasteiger partial charge < -0.3 is 15.0 Å². The van der Waals surface area contributed by atoms with Gasteiger partial charge in [-0.15, -0.1) is 10.2 Å². The number of carbonyl (C=O) groups excluding carboxylic acids is 2. The van der Waals surface area contributed by atoms with Gasteiger partial charge in [-0.1, -0.05) is 45.1 Å². The number of nitrogens with zero attached hydrogens (tertiary/aromatic N) is 3. The number of benzene rings is 1.